The molecule has 26 heavy (non-hydrogen) atoms. The van der Waals surface area contributed by atoms with E-state index in [1.165, 1.54) is 44.1 Å². The lowest BCUT2D eigenvalue weighted by Gasteiger charge is -2.57. The van der Waals surface area contributed by atoms with Crippen molar-refractivity contribution in [2.45, 2.75) is 45.1 Å². The summed E-state index contributed by atoms with van der Waals surface area (Å²) in [5.74, 6) is 3.03. The van der Waals surface area contributed by atoms with Gasteiger partial charge in [-0.2, -0.15) is 0 Å². The molecule has 0 radical (unpaired) electrons. The van der Waals surface area contributed by atoms with Gasteiger partial charge in [0.2, 0.25) is 5.91 Å². The number of rotatable bonds is 3. The molecule has 6 rings (SSSR count). The van der Waals surface area contributed by atoms with Gasteiger partial charge in [-0.25, -0.2) is 0 Å². The van der Waals surface area contributed by atoms with Crippen LogP contribution in [-0.2, 0) is 11.3 Å². The topological polar surface area (TPSA) is 23.6 Å². The first-order chi connectivity index (χ1) is 12.6. The highest BCUT2D eigenvalue weighted by molar-refractivity contribution is 6.30. The van der Waals surface area contributed by atoms with Crippen LogP contribution in [-0.4, -0.2) is 41.9 Å². The minimum absolute atomic E-state index is 0.0209. The molecule has 0 aromatic heterocycles. The highest BCUT2D eigenvalue weighted by Crippen LogP contribution is 2.60. The number of amides is 1. The van der Waals surface area contributed by atoms with Gasteiger partial charge in [-0.05, 0) is 74.0 Å². The van der Waals surface area contributed by atoms with Crippen LogP contribution in [0, 0.1) is 23.2 Å². The Balaban J connectivity index is 1.20. The second kappa shape index (κ2) is 6.53. The monoisotopic (exact) mass is 372 g/mol. The zero-order valence-corrected chi connectivity index (χ0v) is 16.3. The van der Waals surface area contributed by atoms with Crippen LogP contribution in [0.15, 0.2) is 24.3 Å². The van der Waals surface area contributed by atoms with Crippen molar-refractivity contribution < 1.29 is 4.79 Å². The third kappa shape index (κ3) is 3.07. The Morgan fingerprint density at radius 1 is 0.923 bits per heavy atom. The van der Waals surface area contributed by atoms with E-state index in [2.05, 4.69) is 21.9 Å². The van der Waals surface area contributed by atoms with Gasteiger partial charge in [0, 0.05) is 37.7 Å². The molecule has 0 spiro atoms. The number of nitrogens with zero attached hydrogens (tertiary/aromatic N) is 2. The van der Waals surface area contributed by atoms with Gasteiger partial charge < -0.3 is 4.90 Å². The molecule has 4 bridgehead atoms. The summed E-state index contributed by atoms with van der Waals surface area (Å²) in [6.45, 7) is 4.72. The van der Waals surface area contributed by atoms with Crippen LogP contribution in [0.1, 0.15) is 44.1 Å². The van der Waals surface area contributed by atoms with Gasteiger partial charge in [-0.3, -0.25) is 9.69 Å². The van der Waals surface area contributed by atoms with Crippen LogP contribution in [0.3, 0.4) is 0 Å². The van der Waals surface area contributed by atoms with E-state index in [0.29, 0.717) is 5.91 Å². The van der Waals surface area contributed by atoms with Crippen LogP contribution in [0.25, 0.3) is 0 Å². The zero-order chi connectivity index (χ0) is 17.7. The molecule has 1 amide bonds. The first kappa shape index (κ1) is 17.1. The average molecular weight is 373 g/mol. The quantitative estimate of drug-likeness (QED) is 0.793. The van der Waals surface area contributed by atoms with Crippen molar-refractivity contribution in [3.8, 4) is 0 Å². The number of halogens is 1. The number of piperazine rings is 1. The predicted octanol–water partition coefficient (Wildman–Crippen LogP) is 4.20. The lowest BCUT2D eigenvalue weighted by atomic mass is 9.49. The summed E-state index contributed by atoms with van der Waals surface area (Å²) in [6, 6.07) is 8.14. The highest BCUT2D eigenvalue weighted by atomic mass is 35.5. The Morgan fingerprint density at radius 2 is 1.46 bits per heavy atom. The van der Waals surface area contributed by atoms with Crippen molar-refractivity contribution in [2.24, 2.45) is 23.2 Å². The minimum atomic E-state index is 0.0209. The summed E-state index contributed by atoms with van der Waals surface area (Å²) in [4.78, 5) is 18.1. The van der Waals surface area contributed by atoms with Crippen molar-refractivity contribution in [3.63, 3.8) is 0 Å². The third-order valence-electron chi connectivity index (χ3n) is 7.47. The molecular formula is C22H29ClN2O. The molecule has 5 aliphatic rings. The summed E-state index contributed by atoms with van der Waals surface area (Å²) < 4.78 is 0. The first-order valence-electron chi connectivity index (χ1n) is 10.4. The van der Waals surface area contributed by atoms with Crippen LogP contribution in [0.4, 0.5) is 0 Å². The van der Waals surface area contributed by atoms with E-state index in [9.17, 15) is 4.79 Å². The number of carbonyl (C=O) groups excluding carboxylic acids is 1. The van der Waals surface area contributed by atoms with Gasteiger partial charge in [0.05, 0.1) is 5.41 Å². The average Bonchev–Trinajstić information content (AvgIpc) is 2.63. The molecule has 3 nitrogen and oxygen atoms in total. The van der Waals surface area contributed by atoms with Gasteiger partial charge in [0.25, 0.3) is 0 Å². The summed E-state index contributed by atoms with van der Waals surface area (Å²) in [5.41, 5.74) is 1.32. The number of carbonyl (C=O) groups is 1. The maximum atomic E-state index is 13.4. The van der Waals surface area contributed by atoms with Gasteiger partial charge >= 0.3 is 0 Å². The number of hydrogen-bond donors (Lipinski definition) is 0. The largest absolute Gasteiger partial charge is 0.340 e. The Bertz CT molecular complexity index is 643. The Morgan fingerprint density at radius 3 is 2.00 bits per heavy atom. The van der Waals surface area contributed by atoms with Gasteiger partial charge in [0.1, 0.15) is 0 Å². The molecule has 0 atom stereocenters. The predicted molar refractivity (Wildman–Crippen MR) is 104 cm³/mol. The fourth-order valence-electron chi connectivity index (χ4n) is 6.67. The van der Waals surface area contributed by atoms with Crippen LogP contribution in [0.2, 0.25) is 5.02 Å². The molecule has 4 saturated carbocycles. The molecule has 4 aliphatic carbocycles. The van der Waals surface area contributed by atoms with Crippen molar-refractivity contribution >= 4 is 17.5 Å². The number of benzene rings is 1. The molecule has 1 aromatic carbocycles. The SMILES string of the molecule is O=C(N1CCN(Cc2ccc(Cl)cc2)CC1)C12CC3CC(CC(C3)C1)C2. The standard InChI is InChI=1S/C22H29ClN2O/c23-20-3-1-16(2-4-20)15-24-5-7-25(8-6-24)21(26)22-12-17-9-18(13-22)11-19(10-17)14-22/h1-4,17-19H,5-15H2. The van der Waals surface area contributed by atoms with E-state index < -0.39 is 0 Å². The van der Waals surface area contributed by atoms with Crippen LogP contribution in [0.5, 0.6) is 0 Å². The van der Waals surface area contributed by atoms with Gasteiger partial charge in [-0.15, -0.1) is 0 Å². The zero-order valence-electron chi connectivity index (χ0n) is 15.5. The van der Waals surface area contributed by atoms with Crippen molar-refractivity contribution in [1.29, 1.82) is 0 Å². The Kier molecular flexibility index (Phi) is 4.28. The van der Waals surface area contributed by atoms with E-state index in [1.54, 1.807) is 0 Å². The van der Waals surface area contributed by atoms with Gasteiger partial charge in [0.15, 0.2) is 0 Å². The molecule has 0 N–H and O–H groups in total. The number of hydrogen-bond acceptors (Lipinski definition) is 2. The molecule has 1 aromatic rings. The fraction of sp³-hybridized carbons (Fsp3) is 0.682. The Hall–Kier alpha value is -1.06. The van der Waals surface area contributed by atoms with E-state index in [1.807, 2.05) is 12.1 Å². The van der Waals surface area contributed by atoms with E-state index in [-0.39, 0.29) is 5.41 Å². The molecule has 1 saturated heterocycles. The minimum Gasteiger partial charge on any atom is -0.340 e. The van der Waals surface area contributed by atoms with Gasteiger partial charge in [-0.1, -0.05) is 23.7 Å². The van der Waals surface area contributed by atoms with Crippen molar-refractivity contribution in [1.82, 2.24) is 9.80 Å². The summed E-state index contributed by atoms with van der Waals surface area (Å²) in [6.07, 6.45) is 7.76. The molecular weight excluding hydrogens is 344 g/mol. The van der Waals surface area contributed by atoms with E-state index in [4.69, 9.17) is 11.6 Å². The van der Waals surface area contributed by atoms with E-state index >= 15 is 0 Å². The van der Waals surface area contributed by atoms with E-state index in [0.717, 1.165) is 55.5 Å². The lowest BCUT2D eigenvalue weighted by Crippen LogP contribution is -2.58. The molecule has 4 heteroatoms. The lowest BCUT2D eigenvalue weighted by molar-refractivity contribution is -0.159. The molecule has 1 aliphatic heterocycles. The normalized spacial score (nSPS) is 36.5. The summed E-state index contributed by atoms with van der Waals surface area (Å²) >= 11 is 5.98. The molecule has 1 heterocycles. The molecule has 5 fully saturated rings. The second-order valence-corrected chi connectivity index (χ2v) is 9.83. The summed E-state index contributed by atoms with van der Waals surface area (Å²) in [5, 5.41) is 0.791. The second-order valence-electron chi connectivity index (χ2n) is 9.39. The molecule has 140 valence electrons. The highest BCUT2D eigenvalue weighted by Gasteiger charge is 2.55. The van der Waals surface area contributed by atoms with Crippen LogP contribution < -0.4 is 0 Å². The van der Waals surface area contributed by atoms with Crippen LogP contribution >= 0.6 is 11.6 Å². The molecule has 0 unspecified atom stereocenters. The summed E-state index contributed by atoms with van der Waals surface area (Å²) in [7, 11) is 0. The maximum absolute atomic E-state index is 13.4. The third-order valence-corrected chi connectivity index (χ3v) is 7.72. The first-order valence-corrected chi connectivity index (χ1v) is 10.7. The van der Waals surface area contributed by atoms with Crippen molar-refractivity contribution in [2.75, 3.05) is 26.2 Å². The van der Waals surface area contributed by atoms with Crippen molar-refractivity contribution in [3.05, 3.63) is 34.9 Å². The Labute approximate surface area is 161 Å². The maximum Gasteiger partial charge on any atom is 0.228 e. The smallest absolute Gasteiger partial charge is 0.228 e. The fourth-order valence-corrected chi connectivity index (χ4v) is 6.79.